The largest absolute Gasteiger partial charge is 0.480 e. The maximum absolute atomic E-state index is 12.6. The number of hydrogen-bond donors (Lipinski definition) is 1. The zero-order valence-electron chi connectivity index (χ0n) is 16.0. The van der Waals surface area contributed by atoms with Crippen molar-refractivity contribution in [3.63, 3.8) is 0 Å². The van der Waals surface area contributed by atoms with Crippen LogP contribution in [0.15, 0.2) is 61.8 Å². The molecule has 1 fully saturated rings. The molecule has 2 aromatic heterocycles. The monoisotopic (exact) mass is 421 g/mol. The van der Waals surface area contributed by atoms with Gasteiger partial charge < -0.3 is 9.52 Å². The van der Waals surface area contributed by atoms with E-state index in [9.17, 15) is 14.7 Å². The molecule has 0 bridgehead atoms. The maximum atomic E-state index is 12.6. The number of carbonyl (C=O) groups is 1. The van der Waals surface area contributed by atoms with Gasteiger partial charge in [0.15, 0.2) is 5.58 Å². The van der Waals surface area contributed by atoms with E-state index in [1.165, 1.54) is 22.4 Å². The number of carboxylic acids is 1. The normalized spacial score (nSPS) is 19.0. The minimum Gasteiger partial charge on any atom is -0.480 e. The number of nitrogens with zero attached hydrogens (tertiary/aromatic N) is 3. The Morgan fingerprint density at radius 3 is 2.73 bits per heavy atom. The van der Waals surface area contributed by atoms with Crippen molar-refractivity contribution >= 4 is 35.0 Å². The Labute approximate surface area is 176 Å². The van der Waals surface area contributed by atoms with Crippen molar-refractivity contribution in [2.75, 3.05) is 5.75 Å². The molecule has 1 atom stereocenters. The molecule has 6 rings (SSSR count). The molecule has 0 saturated heterocycles. The molecule has 1 unspecified atom stereocenters. The predicted octanol–water partition coefficient (Wildman–Crippen LogP) is 4.24. The minimum atomic E-state index is -0.968. The summed E-state index contributed by atoms with van der Waals surface area (Å²) in [5.41, 5.74) is 2.83. The van der Waals surface area contributed by atoms with Crippen LogP contribution in [0.1, 0.15) is 36.8 Å². The van der Waals surface area contributed by atoms with Crippen LogP contribution in [0.4, 0.5) is 0 Å². The zero-order valence-corrected chi connectivity index (χ0v) is 16.8. The molecule has 1 aliphatic carbocycles. The molecule has 0 spiro atoms. The van der Waals surface area contributed by atoms with E-state index in [1.807, 2.05) is 36.6 Å². The Morgan fingerprint density at radius 1 is 1.27 bits per heavy atom. The first kappa shape index (κ1) is 18.9. The molecule has 0 amide bonds. The van der Waals surface area contributed by atoms with E-state index in [1.54, 1.807) is 6.20 Å². The maximum Gasteiger partial charge on any atom is 0.327 e. The topological polar surface area (TPSA) is 97.7 Å². The Balaban J connectivity index is 0.000000340. The van der Waals surface area contributed by atoms with Gasteiger partial charge in [-0.3, -0.25) is 14.4 Å². The number of oxazole rings is 1. The van der Waals surface area contributed by atoms with Gasteiger partial charge in [-0.2, -0.15) is 0 Å². The molecule has 4 heterocycles. The van der Waals surface area contributed by atoms with Gasteiger partial charge >= 0.3 is 5.97 Å². The lowest BCUT2D eigenvalue weighted by Crippen LogP contribution is -2.29. The van der Waals surface area contributed by atoms with Gasteiger partial charge in [0, 0.05) is 36.2 Å². The molecule has 1 N–H and O–H groups in total. The molecule has 3 aliphatic rings. The number of benzene rings is 1. The molecule has 0 radical (unpaired) electrons. The molecule has 7 nitrogen and oxygen atoms in total. The third-order valence-electron chi connectivity index (χ3n) is 5.27. The Morgan fingerprint density at radius 2 is 2.10 bits per heavy atom. The number of aromatic nitrogens is 2. The number of carboxylic acid groups (broad SMARTS) is 1. The summed E-state index contributed by atoms with van der Waals surface area (Å²) < 4.78 is 7.30. The van der Waals surface area contributed by atoms with Crippen molar-refractivity contribution in [1.82, 2.24) is 9.55 Å². The number of pyridine rings is 1. The van der Waals surface area contributed by atoms with Gasteiger partial charge in [0.2, 0.25) is 5.89 Å². The van der Waals surface area contributed by atoms with Crippen molar-refractivity contribution in [2.24, 2.45) is 4.99 Å². The molecule has 152 valence electrons. The first-order valence-corrected chi connectivity index (χ1v) is 10.8. The fraction of sp³-hybridized carbons (Fsp3) is 0.273. The molecule has 8 heteroatoms. The van der Waals surface area contributed by atoms with Gasteiger partial charge in [-0.05, 0) is 36.5 Å². The Kier molecular flexibility index (Phi) is 4.78. The summed E-state index contributed by atoms with van der Waals surface area (Å²) in [4.78, 5) is 32.4. The van der Waals surface area contributed by atoms with Gasteiger partial charge in [0.25, 0.3) is 5.56 Å². The first-order chi connectivity index (χ1) is 14.6. The fourth-order valence-corrected chi connectivity index (χ4v) is 5.10. The lowest BCUT2D eigenvalue weighted by atomic mass is 10.1. The first-order valence-electron chi connectivity index (χ1n) is 9.81. The van der Waals surface area contributed by atoms with Crippen molar-refractivity contribution in [2.45, 2.75) is 36.2 Å². The smallest absolute Gasteiger partial charge is 0.327 e. The number of hydrogen-bond acceptors (Lipinski definition) is 6. The van der Waals surface area contributed by atoms with Gasteiger partial charge in [-0.1, -0.05) is 18.2 Å². The average Bonchev–Trinajstić information content (AvgIpc) is 3.19. The summed E-state index contributed by atoms with van der Waals surface area (Å²) in [6.07, 6.45) is 8.80. The van der Waals surface area contributed by atoms with E-state index >= 15 is 0 Å². The van der Waals surface area contributed by atoms with E-state index in [2.05, 4.69) is 9.98 Å². The summed E-state index contributed by atoms with van der Waals surface area (Å²) in [6, 6.07) is 8.17. The van der Waals surface area contributed by atoms with E-state index < -0.39 is 12.0 Å². The van der Waals surface area contributed by atoms with Crippen molar-refractivity contribution in [3.8, 4) is 11.5 Å². The van der Waals surface area contributed by atoms with Gasteiger partial charge in [0.05, 0.1) is 5.03 Å². The number of rotatable bonds is 3. The molecule has 30 heavy (non-hydrogen) atoms. The van der Waals surface area contributed by atoms with E-state index in [0.29, 0.717) is 28.7 Å². The lowest BCUT2D eigenvalue weighted by Gasteiger charge is -2.14. The van der Waals surface area contributed by atoms with Crippen LogP contribution < -0.4 is 5.56 Å². The third kappa shape index (κ3) is 3.37. The molecule has 2 aliphatic heterocycles. The highest BCUT2D eigenvalue weighted by Gasteiger charge is 2.38. The highest BCUT2D eigenvalue weighted by Crippen LogP contribution is 2.50. The SMILES string of the molecule is C1=CN=CC1.O=C(O)C1CSc2c(C3CC3)c(-c3nc4ccccc4o3)cc(=O)n21. The number of allylic oxidation sites excluding steroid dienone is 1. The summed E-state index contributed by atoms with van der Waals surface area (Å²) in [7, 11) is 0. The minimum absolute atomic E-state index is 0.311. The van der Waals surface area contributed by atoms with Crippen molar-refractivity contribution in [1.29, 1.82) is 0 Å². The number of fused-ring (bicyclic) bond motifs is 2. The van der Waals surface area contributed by atoms with Crippen LogP contribution >= 0.6 is 11.8 Å². The standard InChI is InChI=1S/C18H14N2O4S.C4H5N/c21-14-7-10(16-19-11-3-1-2-4-13(11)24-16)15(9-5-6-9)17-20(14)12(8-25-17)18(22)23;1-2-4-5-3-1/h1-4,7,9,12H,5-6,8H2,(H,22,23);1,3-4H,2H2. The van der Waals surface area contributed by atoms with Gasteiger partial charge in [0.1, 0.15) is 11.6 Å². The molecule has 3 aromatic rings. The predicted molar refractivity (Wildman–Crippen MR) is 115 cm³/mol. The van der Waals surface area contributed by atoms with E-state index in [-0.39, 0.29) is 5.56 Å². The summed E-state index contributed by atoms with van der Waals surface area (Å²) in [5.74, 6) is 0.181. The van der Waals surface area contributed by atoms with Crippen LogP contribution in [0.25, 0.3) is 22.6 Å². The van der Waals surface area contributed by atoms with Crippen LogP contribution in [0, 0.1) is 0 Å². The number of thioether (sulfide) groups is 1. The average molecular weight is 421 g/mol. The summed E-state index contributed by atoms with van der Waals surface area (Å²) >= 11 is 1.44. The molecule has 1 aromatic carbocycles. The summed E-state index contributed by atoms with van der Waals surface area (Å²) in [5, 5.41) is 10.2. The van der Waals surface area contributed by atoms with Crippen molar-refractivity contribution < 1.29 is 14.3 Å². The van der Waals surface area contributed by atoms with Crippen LogP contribution in [0.2, 0.25) is 0 Å². The van der Waals surface area contributed by atoms with Crippen LogP contribution in [0.5, 0.6) is 0 Å². The molecule has 1 saturated carbocycles. The van der Waals surface area contributed by atoms with E-state index in [0.717, 1.165) is 35.4 Å². The molecular weight excluding hydrogens is 402 g/mol. The van der Waals surface area contributed by atoms with E-state index in [4.69, 9.17) is 4.42 Å². The third-order valence-corrected chi connectivity index (χ3v) is 6.44. The highest BCUT2D eigenvalue weighted by atomic mass is 32.2. The van der Waals surface area contributed by atoms with Crippen molar-refractivity contribution in [3.05, 3.63) is 58.5 Å². The zero-order chi connectivity index (χ0) is 20.7. The van der Waals surface area contributed by atoms with Crippen LogP contribution in [0.3, 0.4) is 0 Å². The second-order valence-corrected chi connectivity index (χ2v) is 8.37. The number of aliphatic imine (C=N–C) groups is 1. The molecular formula is C22H19N3O4S. The van der Waals surface area contributed by atoms with Crippen LogP contribution in [-0.4, -0.2) is 32.6 Å². The lowest BCUT2D eigenvalue weighted by molar-refractivity contribution is -0.140. The number of aliphatic carboxylic acids is 1. The highest BCUT2D eigenvalue weighted by molar-refractivity contribution is 7.99. The second kappa shape index (κ2) is 7.60. The van der Waals surface area contributed by atoms with Gasteiger partial charge in [-0.25, -0.2) is 9.78 Å². The number of para-hydroxylation sites is 2. The Hall–Kier alpha value is -3.13. The van der Waals surface area contributed by atoms with Gasteiger partial charge in [-0.15, -0.1) is 11.8 Å². The second-order valence-electron chi connectivity index (χ2n) is 7.36. The summed E-state index contributed by atoms with van der Waals surface area (Å²) in [6.45, 7) is 0. The Bertz CT molecular complexity index is 1210. The van der Waals surface area contributed by atoms with Crippen LogP contribution in [-0.2, 0) is 4.79 Å². The fourth-order valence-electron chi connectivity index (χ4n) is 3.71. The quantitative estimate of drug-likeness (QED) is 0.679.